The number of methoxy groups -OCH3 is 1. The lowest BCUT2D eigenvalue weighted by Crippen LogP contribution is -2.36. The van der Waals surface area contributed by atoms with Gasteiger partial charge in [-0.15, -0.1) is 0 Å². The predicted octanol–water partition coefficient (Wildman–Crippen LogP) is 0.926. The van der Waals surface area contributed by atoms with Crippen LogP contribution in [0.3, 0.4) is 0 Å². The molecule has 1 aliphatic heterocycles. The van der Waals surface area contributed by atoms with E-state index in [2.05, 4.69) is 4.74 Å². The maximum absolute atomic E-state index is 12.0. The van der Waals surface area contributed by atoms with Crippen molar-refractivity contribution >= 4 is 17.9 Å². The van der Waals surface area contributed by atoms with Crippen LogP contribution in [-0.2, 0) is 28.6 Å². The van der Waals surface area contributed by atoms with Crippen LogP contribution < -0.4 is 0 Å². The summed E-state index contributed by atoms with van der Waals surface area (Å²) >= 11 is 0. The van der Waals surface area contributed by atoms with E-state index in [0.717, 1.165) is 0 Å². The van der Waals surface area contributed by atoms with Gasteiger partial charge < -0.3 is 14.2 Å². The molecule has 0 aromatic rings. The predicted molar refractivity (Wildman–Crippen MR) is 65.0 cm³/mol. The van der Waals surface area contributed by atoms with E-state index in [0.29, 0.717) is 0 Å². The third-order valence-electron chi connectivity index (χ3n) is 2.98. The number of hydrogen-bond donors (Lipinski definition) is 0. The highest BCUT2D eigenvalue weighted by Crippen LogP contribution is 2.31. The van der Waals surface area contributed by atoms with Gasteiger partial charge in [0.25, 0.3) is 0 Å². The van der Waals surface area contributed by atoms with Gasteiger partial charge in [0.2, 0.25) is 0 Å². The number of ether oxygens (including phenoxy) is 3. The highest BCUT2D eigenvalue weighted by molar-refractivity contribution is 5.97. The highest BCUT2D eigenvalue weighted by Gasteiger charge is 2.48. The van der Waals surface area contributed by atoms with Gasteiger partial charge in [-0.3, -0.25) is 14.4 Å². The lowest BCUT2D eigenvalue weighted by Gasteiger charge is -2.25. The lowest BCUT2D eigenvalue weighted by molar-refractivity contribution is -0.162. The van der Waals surface area contributed by atoms with Gasteiger partial charge in [-0.25, -0.2) is 0 Å². The summed E-state index contributed by atoms with van der Waals surface area (Å²) in [6.07, 6.45) is 0. The maximum atomic E-state index is 12.0. The quantitative estimate of drug-likeness (QED) is 0.432. The van der Waals surface area contributed by atoms with E-state index < -0.39 is 41.3 Å². The first kappa shape index (κ1) is 15.5. The van der Waals surface area contributed by atoms with Gasteiger partial charge in [-0.1, -0.05) is 6.92 Å². The van der Waals surface area contributed by atoms with Crippen molar-refractivity contribution in [3.8, 4) is 0 Å². The van der Waals surface area contributed by atoms with Crippen molar-refractivity contribution in [3.63, 3.8) is 0 Å². The SMILES string of the molecule is COC(=O)C1C(=O)OCC1C(C)C(=O)OC(C)(C)C. The Morgan fingerprint density at radius 2 is 1.95 bits per heavy atom. The number of esters is 3. The van der Waals surface area contributed by atoms with Crippen molar-refractivity contribution in [2.75, 3.05) is 13.7 Å². The molecule has 0 aromatic carbocycles. The lowest BCUT2D eigenvalue weighted by atomic mass is 9.84. The van der Waals surface area contributed by atoms with Gasteiger partial charge >= 0.3 is 17.9 Å². The first-order valence-electron chi connectivity index (χ1n) is 6.14. The number of rotatable bonds is 3. The largest absolute Gasteiger partial charge is 0.468 e. The Hall–Kier alpha value is -1.59. The standard InChI is InChI=1S/C13H20O6/c1-7(10(14)19-13(2,3)4)8-6-18-12(16)9(8)11(15)17-5/h7-9H,6H2,1-5H3. The molecule has 3 unspecified atom stereocenters. The van der Waals surface area contributed by atoms with Gasteiger partial charge in [0.05, 0.1) is 19.6 Å². The maximum Gasteiger partial charge on any atom is 0.320 e. The van der Waals surface area contributed by atoms with Crippen LogP contribution in [-0.4, -0.2) is 37.2 Å². The van der Waals surface area contributed by atoms with Crippen molar-refractivity contribution in [1.82, 2.24) is 0 Å². The van der Waals surface area contributed by atoms with Crippen LogP contribution in [0.5, 0.6) is 0 Å². The van der Waals surface area contributed by atoms with E-state index in [4.69, 9.17) is 9.47 Å². The summed E-state index contributed by atoms with van der Waals surface area (Å²) in [6.45, 7) is 6.92. The summed E-state index contributed by atoms with van der Waals surface area (Å²) < 4.78 is 14.7. The van der Waals surface area contributed by atoms with Gasteiger partial charge in [-0.2, -0.15) is 0 Å². The Labute approximate surface area is 112 Å². The van der Waals surface area contributed by atoms with Crippen LogP contribution in [0.1, 0.15) is 27.7 Å². The molecule has 108 valence electrons. The highest BCUT2D eigenvalue weighted by atomic mass is 16.6. The smallest absolute Gasteiger partial charge is 0.320 e. The fourth-order valence-electron chi connectivity index (χ4n) is 1.94. The Morgan fingerprint density at radius 3 is 2.42 bits per heavy atom. The van der Waals surface area contributed by atoms with E-state index in [1.807, 2.05) is 0 Å². The summed E-state index contributed by atoms with van der Waals surface area (Å²) in [5, 5.41) is 0. The molecule has 1 rings (SSSR count). The second kappa shape index (κ2) is 5.59. The monoisotopic (exact) mass is 272 g/mol. The summed E-state index contributed by atoms with van der Waals surface area (Å²) in [5.74, 6) is -3.99. The van der Waals surface area contributed by atoms with Crippen molar-refractivity contribution in [2.45, 2.75) is 33.3 Å². The van der Waals surface area contributed by atoms with Crippen LogP contribution in [0.25, 0.3) is 0 Å². The Morgan fingerprint density at radius 1 is 1.37 bits per heavy atom. The average molecular weight is 272 g/mol. The molecular formula is C13H20O6. The molecular weight excluding hydrogens is 252 g/mol. The molecule has 0 aliphatic carbocycles. The van der Waals surface area contributed by atoms with E-state index in [-0.39, 0.29) is 6.61 Å². The fourth-order valence-corrected chi connectivity index (χ4v) is 1.94. The molecule has 0 aromatic heterocycles. The topological polar surface area (TPSA) is 78.9 Å². The zero-order valence-corrected chi connectivity index (χ0v) is 11.9. The third-order valence-corrected chi connectivity index (χ3v) is 2.98. The minimum Gasteiger partial charge on any atom is -0.468 e. The molecule has 6 nitrogen and oxygen atoms in total. The number of carbonyl (C=O) groups excluding carboxylic acids is 3. The van der Waals surface area contributed by atoms with Gasteiger partial charge in [-0.05, 0) is 20.8 Å². The summed E-state index contributed by atoms with van der Waals surface area (Å²) in [4.78, 5) is 35.1. The molecule has 1 fully saturated rings. The zero-order chi connectivity index (χ0) is 14.8. The molecule has 1 aliphatic rings. The first-order valence-corrected chi connectivity index (χ1v) is 6.14. The van der Waals surface area contributed by atoms with Crippen molar-refractivity contribution in [2.24, 2.45) is 17.8 Å². The van der Waals surface area contributed by atoms with Crippen molar-refractivity contribution < 1.29 is 28.6 Å². The fraction of sp³-hybridized carbons (Fsp3) is 0.769. The molecule has 1 heterocycles. The number of hydrogen-bond acceptors (Lipinski definition) is 6. The Bertz CT molecular complexity index is 381. The number of carbonyl (C=O) groups is 3. The molecule has 0 radical (unpaired) electrons. The molecule has 1 saturated heterocycles. The second-order valence-electron chi connectivity index (χ2n) is 5.62. The minimum absolute atomic E-state index is 0.0268. The van der Waals surface area contributed by atoms with E-state index >= 15 is 0 Å². The van der Waals surface area contributed by atoms with E-state index in [9.17, 15) is 14.4 Å². The molecule has 0 N–H and O–H groups in total. The molecule has 6 heteroatoms. The molecule has 0 bridgehead atoms. The molecule has 0 amide bonds. The Balaban J connectivity index is 2.80. The molecule has 0 saturated carbocycles. The van der Waals surface area contributed by atoms with E-state index in [1.54, 1.807) is 27.7 Å². The molecule has 0 spiro atoms. The van der Waals surface area contributed by atoms with Crippen LogP contribution in [0, 0.1) is 17.8 Å². The summed E-state index contributed by atoms with van der Waals surface area (Å²) in [7, 11) is 1.20. The normalized spacial score (nSPS) is 24.6. The number of cyclic esters (lactones) is 1. The summed E-state index contributed by atoms with van der Waals surface area (Å²) in [6, 6.07) is 0. The van der Waals surface area contributed by atoms with E-state index in [1.165, 1.54) is 7.11 Å². The van der Waals surface area contributed by atoms with Gasteiger partial charge in [0.15, 0.2) is 5.92 Å². The van der Waals surface area contributed by atoms with Crippen LogP contribution in [0.15, 0.2) is 0 Å². The third kappa shape index (κ3) is 3.68. The summed E-state index contributed by atoms with van der Waals surface area (Å²) in [5.41, 5.74) is -0.616. The first-order chi connectivity index (χ1) is 8.67. The van der Waals surface area contributed by atoms with Crippen LogP contribution in [0.4, 0.5) is 0 Å². The van der Waals surface area contributed by atoms with Crippen LogP contribution in [0.2, 0.25) is 0 Å². The molecule has 3 atom stereocenters. The average Bonchev–Trinajstić information content (AvgIpc) is 2.66. The van der Waals surface area contributed by atoms with Crippen LogP contribution >= 0.6 is 0 Å². The van der Waals surface area contributed by atoms with Crippen molar-refractivity contribution in [3.05, 3.63) is 0 Å². The van der Waals surface area contributed by atoms with Gasteiger partial charge in [0, 0.05) is 5.92 Å². The molecule has 19 heavy (non-hydrogen) atoms. The van der Waals surface area contributed by atoms with Gasteiger partial charge in [0.1, 0.15) is 5.60 Å². The van der Waals surface area contributed by atoms with Crippen molar-refractivity contribution in [1.29, 1.82) is 0 Å². The Kier molecular flexibility index (Phi) is 4.55. The minimum atomic E-state index is -1.05. The zero-order valence-electron chi connectivity index (χ0n) is 11.9. The second-order valence-corrected chi connectivity index (χ2v) is 5.62.